The predicted octanol–water partition coefficient (Wildman–Crippen LogP) is 1.91. The number of pyridine rings is 1. The van der Waals surface area contributed by atoms with Crippen molar-refractivity contribution in [3.05, 3.63) is 57.0 Å². The number of ether oxygens (including phenoxy) is 1. The number of amides is 1. The number of phenolic OH excluding ortho intramolecular Hbond substituents is 1. The van der Waals surface area contributed by atoms with Crippen LogP contribution in [0.3, 0.4) is 0 Å². The van der Waals surface area contributed by atoms with E-state index in [2.05, 4.69) is 10.5 Å². The molecule has 0 radical (unpaired) electrons. The minimum Gasteiger partial charge on any atom is -0.503 e. The number of hydrogen-bond donors (Lipinski definition) is 2. The van der Waals surface area contributed by atoms with Crippen molar-refractivity contribution in [1.82, 2.24) is 9.99 Å². The molecule has 2 rings (SSSR count). The Bertz CT molecular complexity index is 846. The van der Waals surface area contributed by atoms with Gasteiger partial charge in [-0.25, -0.2) is 5.43 Å². The fourth-order valence-corrected chi connectivity index (χ4v) is 2.15. The van der Waals surface area contributed by atoms with Crippen molar-refractivity contribution < 1.29 is 14.6 Å². The summed E-state index contributed by atoms with van der Waals surface area (Å²) in [4.78, 5) is 23.8. The third-order valence-electron chi connectivity index (χ3n) is 3.10. The lowest BCUT2D eigenvalue weighted by molar-refractivity contribution is 0.0953. The first-order valence-corrected chi connectivity index (χ1v) is 7.46. The van der Waals surface area contributed by atoms with Gasteiger partial charge in [-0.2, -0.15) is 5.10 Å². The number of phenols is 1. The van der Waals surface area contributed by atoms with Crippen molar-refractivity contribution in [3.8, 4) is 11.5 Å². The summed E-state index contributed by atoms with van der Waals surface area (Å²) in [5.74, 6) is -0.565. The molecule has 1 aromatic heterocycles. The third kappa shape index (κ3) is 3.94. The summed E-state index contributed by atoms with van der Waals surface area (Å²) in [7, 11) is 1.55. The van der Waals surface area contributed by atoms with E-state index in [1.54, 1.807) is 26.2 Å². The first-order valence-electron chi connectivity index (χ1n) is 7.08. The summed E-state index contributed by atoms with van der Waals surface area (Å²) in [5.41, 5.74) is 2.35. The number of halogens is 1. The molecule has 0 bridgehead atoms. The summed E-state index contributed by atoms with van der Waals surface area (Å²) in [6, 6.07) is 6.00. The summed E-state index contributed by atoms with van der Waals surface area (Å²) < 4.78 is 6.55. The van der Waals surface area contributed by atoms with Crippen molar-refractivity contribution in [2.75, 3.05) is 6.61 Å². The Morgan fingerprint density at radius 3 is 2.96 bits per heavy atom. The minimum absolute atomic E-state index is 0.0177. The first-order chi connectivity index (χ1) is 11.4. The van der Waals surface area contributed by atoms with E-state index < -0.39 is 11.5 Å². The molecule has 126 valence electrons. The monoisotopic (exact) mass is 349 g/mol. The van der Waals surface area contributed by atoms with E-state index in [4.69, 9.17) is 16.3 Å². The third-order valence-corrected chi connectivity index (χ3v) is 3.39. The first kappa shape index (κ1) is 17.6. The molecule has 24 heavy (non-hydrogen) atoms. The highest BCUT2D eigenvalue weighted by Crippen LogP contribution is 2.34. The minimum atomic E-state index is -0.623. The molecule has 0 fully saturated rings. The fourth-order valence-electron chi connectivity index (χ4n) is 1.93. The van der Waals surface area contributed by atoms with E-state index in [1.807, 2.05) is 0 Å². The largest absolute Gasteiger partial charge is 0.503 e. The average molecular weight is 350 g/mol. The van der Waals surface area contributed by atoms with Crippen molar-refractivity contribution in [2.24, 2.45) is 12.1 Å². The van der Waals surface area contributed by atoms with E-state index in [0.717, 1.165) is 0 Å². The molecule has 1 amide bonds. The maximum atomic E-state index is 12.0. The molecule has 0 spiro atoms. The van der Waals surface area contributed by atoms with Crippen LogP contribution in [0.25, 0.3) is 0 Å². The van der Waals surface area contributed by atoms with Gasteiger partial charge in [-0.15, -0.1) is 0 Å². The fraction of sp³-hybridized carbons (Fsp3) is 0.188. The number of carbonyl (C=O) groups excluding carboxylic acids is 1. The second-order valence-electron chi connectivity index (χ2n) is 4.82. The zero-order valence-corrected chi connectivity index (χ0v) is 13.9. The lowest BCUT2D eigenvalue weighted by Gasteiger charge is -2.08. The number of aromatic hydroxyl groups is 1. The molecule has 0 saturated carbocycles. The van der Waals surface area contributed by atoms with Crippen LogP contribution in [0.15, 0.2) is 40.4 Å². The Labute approximate surface area is 143 Å². The average Bonchev–Trinajstić information content (AvgIpc) is 2.54. The number of rotatable bonds is 5. The summed E-state index contributed by atoms with van der Waals surface area (Å²) in [6.07, 6.45) is 2.88. The molecule has 0 saturated heterocycles. The van der Waals surface area contributed by atoms with Gasteiger partial charge in [0.15, 0.2) is 11.5 Å². The van der Waals surface area contributed by atoms with Crippen LogP contribution < -0.4 is 15.7 Å². The SMILES string of the molecule is CCOc1cc(/C=N\NC(=O)c2cccn(C)c2=O)cc(Cl)c1O. The van der Waals surface area contributed by atoms with Crippen molar-refractivity contribution >= 4 is 23.7 Å². The molecule has 2 N–H and O–H groups in total. The van der Waals surface area contributed by atoms with Gasteiger partial charge in [0.2, 0.25) is 0 Å². The molecule has 0 aliphatic carbocycles. The van der Waals surface area contributed by atoms with E-state index in [9.17, 15) is 14.7 Å². The maximum Gasteiger partial charge on any atom is 0.276 e. The van der Waals surface area contributed by atoms with Gasteiger partial charge in [-0.1, -0.05) is 11.6 Å². The zero-order chi connectivity index (χ0) is 17.7. The highest BCUT2D eigenvalue weighted by molar-refractivity contribution is 6.32. The van der Waals surface area contributed by atoms with Gasteiger partial charge in [-0.3, -0.25) is 9.59 Å². The van der Waals surface area contributed by atoms with Gasteiger partial charge in [0, 0.05) is 13.2 Å². The van der Waals surface area contributed by atoms with E-state index in [-0.39, 0.29) is 22.1 Å². The van der Waals surface area contributed by atoms with Crippen LogP contribution in [0.5, 0.6) is 11.5 Å². The Hall–Kier alpha value is -2.80. The molecule has 0 atom stereocenters. The van der Waals surface area contributed by atoms with Gasteiger partial charge in [0.1, 0.15) is 5.56 Å². The normalized spacial score (nSPS) is 10.8. The van der Waals surface area contributed by atoms with Crippen LogP contribution in [0.2, 0.25) is 5.02 Å². The smallest absolute Gasteiger partial charge is 0.276 e. The number of hydrogen-bond acceptors (Lipinski definition) is 5. The summed E-state index contributed by atoms with van der Waals surface area (Å²) >= 11 is 5.91. The second kappa shape index (κ2) is 7.65. The lowest BCUT2D eigenvalue weighted by atomic mass is 10.2. The Balaban J connectivity index is 2.16. The molecule has 0 aliphatic heterocycles. The lowest BCUT2D eigenvalue weighted by Crippen LogP contribution is -2.29. The molecular weight excluding hydrogens is 334 g/mol. The van der Waals surface area contributed by atoms with Gasteiger partial charge in [0.05, 0.1) is 17.8 Å². The second-order valence-corrected chi connectivity index (χ2v) is 5.23. The van der Waals surface area contributed by atoms with Crippen molar-refractivity contribution in [1.29, 1.82) is 0 Å². The van der Waals surface area contributed by atoms with Crippen LogP contribution in [0.1, 0.15) is 22.8 Å². The van der Waals surface area contributed by atoms with Crippen LogP contribution in [0, 0.1) is 0 Å². The van der Waals surface area contributed by atoms with E-state index >= 15 is 0 Å². The summed E-state index contributed by atoms with van der Waals surface area (Å²) in [5, 5.41) is 13.7. The molecule has 7 nitrogen and oxygen atoms in total. The highest BCUT2D eigenvalue weighted by Gasteiger charge is 2.11. The van der Waals surface area contributed by atoms with Crippen LogP contribution in [-0.2, 0) is 7.05 Å². The molecule has 0 unspecified atom stereocenters. The Morgan fingerprint density at radius 2 is 2.25 bits per heavy atom. The molecule has 1 heterocycles. The van der Waals surface area contributed by atoms with E-state index in [1.165, 1.54) is 29.0 Å². The Morgan fingerprint density at radius 1 is 1.50 bits per heavy atom. The number of hydrazone groups is 1. The van der Waals surface area contributed by atoms with Crippen LogP contribution >= 0.6 is 11.6 Å². The number of carbonyl (C=O) groups is 1. The number of nitrogens with one attached hydrogen (secondary N) is 1. The predicted molar refractivity (Wildman–Crippen MR) is 91.0 cm³/mol. The number of aryl methyl sites for hydroxylation is 1. The number of aromatic nitrogens is 1. The quantitative estimate of drug-likeness (QED) is 0.637. The van der Waals surface area contributed by atoms with Crippen LogP contribution in [-0.4, -0.2) is 28.4 Å². The molecular formula is C16H16ClN3O4. The topological polar surface area (TPSA) is 92.9 Å². The van der Waals surface area contributed by atoms with Crippen molar-refractivity contribution in [2.45, 2.75) is 6.92 Å². The summed E-state index contributed by atoms with van der Waals surface area (Å²) in [6.45, 7) is 2.13. The maximum absolute atomic E-state index is 12.0. The highest BCUT2D eigenvalue weighted by atomic mass is 35.5. The van der Waals surface area contributed by atoms with Crippen molar-refractivity contribution in [3.63, 3.8) is 0 Å². The van der Waals surface area contributed by atoms with Crippen LogP contribution in [0.4, 0.5) is 0 Å². The molecule has 8 heteroatoms. The molecule has 1 aromatic carbocycles. The number of benzene rings is 1. The molecule has 2 aromatic rings. The Kier molecular flexibility index (Phi) is 5.59. The van der Waals surface area contributed by atoms with Gasteiger partial charge < -0.3 is 14.4 Å². The molecule has 0 aliphatic rings. The standard InChI is InChI=1S/C16H16ClN3O4/c1-3-24-13-8-10(7-12(17)14(13)21)9-18-19-15(22)11-5-4-6-20(2)16(11)23/h4-9,21H,3H2,1-2H3,(H,19,22)/b18-9-. The van der Waals surface area contributed by atoms with E-state index in [0.29, 0.717) is 12.2 Å². The van der Waals surface area contributed by atoms with Gasteiger partial charge >= 0.3 is 0 Å². The zero-order valence-electron chi connectivity index (χ0n) is 13.1. The van der Waals surface area contributed by atoms with Gasteiger partial charge in [-0.05, 0) is 36.8 Å². The number of nitrogens with zero attached hydrogens (tertiary/aromatic N) is 2. The van der Waals surface area contributed by atoms with Gasteiger partial charge in [0.25, 0.3) is 11.5 Å².